The van der Waals surface area contributed by atoms with Crippen LogP contribution in [0.4, 0.5) is 11.7 Å². The van der Waals surface area contributed by atoms with E-state index < -0.39 is 0 Å². The number of nitrogens with one attached hydrogen (secondary N) is 1. The van der Waals surface area contributed by atoms with Crippen LogP contribution >= 0.6 is 11.6 Å². The molecule has 0 spiro atoms. The van der Waals surface area contributed by atoms with Crippen molar-refractivity contribution in [2.24, 2.45) is 15.3 Å². The van der Waals surface area contributed by atoms with E-state index in [9.17, 15) is 0 Å². The molecule has 1 heterocycles. The molecule has 27 heavy (non-hydrogen) atoms. The molecule has 0 bridgehead atoms. The number of halogens is 1. The number of hydrazone groups is 1. The summed E-state index contributed by atoms with van der Waals surface area (Å²) >= 11 is 5.91. The van der Waals surface area contributed by atoms with Crippen LogP contribution in [-0.4, -0.2) is 10.8 Å². The molecule has 0 unspecified atom stereocenters. The molecule has 0 aliphatic heterocycles. The molecule has 0 fully saturated rings. The molecule has 4 aromatic rings. The second-order valence-electron chi connectivity index (χ2n) is 5.58. The average molecular weight is 376 g/mol. The van der Waals surface area contributed by atoms with Crippen LogP contribution in [0.25, 0.3) is 11.1 Å². The number of anilines is 1. The maximum Gasteiger partial charge on any atom is 0.342 e. The van der Waals surface area contributed by atoms with Crippen LogP contribution in [-0.2, 0) is 0 Å². The molecule has 0 saturated heterocycles. The van der Waals surface area contributed by atoms with Crippen molar-refractivity contribution in [3.63, 3.8) is 0 Å². The van der Waals surface area contributed by atoms with Crippen LogP contribution in [0.3, 0.4) is 0 Å². The van der Waals surface area contributed by atoms with Gasteiger partial charge in [-0.1, -0.05) is 59.2 Å². The van der Waals surface area contributed by atoms with Gasteiger partial charge in [0.2, 0.25) is 5.84 Å². The zero-order chi connectivity index (χ0) is 18.5. The minimum absolute atomic E-state index is 0.173. The lowest BCUT2D eigenvalue weighted by Gasteiger charge is -2.03. The van der Waals surface area contributed by atoms with Crippen molar-refractivity contribution in [2.45, 2.75) is 0 Å². The Morgan fingerprint density at radius 2 is 1.63 bits per heavy atom. The topological polar surface area (TPSA) is 75.1 Å². The number of hydrogen-bond acceptors (Lipinski definition) is 5. The highest BCUT2D eigenvalue weighted by molar-refractivity contribution is 6.30. The van der Waals surface area contributed by atoms with Crippen molar-refractivity contribution < 1.29 is 4.42 Å². The Kier molecular flexibility index (Phi) is 4.89. The number of nitrogens with zero attached hydrogens (tertiary/aromatic N) is 4. The van der Waals surface area contributed by atoms with E-state index >= 15 is 0 Å². The zero-order valence-electron chi connectivity index (χ0n) is 14.1. The third kappa shape index (κ3) is 4.19. The van der Waals surface area contributed by atoms with E-state index in [4.69, 9.17) is 16.0 Å². The number of azo groups is 1. The van der Waals surface area contributed by atoms with Crippen LogP contribution in [0.2, 0.25) is 5.02 Å². The molecular weight excluding hydrogens is 362 g/mol. The predicted octanol–water partition coefficient (Wildman–Crippen LogP) is 6.04. The fraction of sp³-hybridized carbons (Fsp3) is 0. The molecule has 132 valence electrons. The highest BCUT2D eigenvalue weighted by Crippen LogP contribution is 2.21. The molecule has 0 aliphatic rings. The van der Waals surface area contributed by atoms with E-state index in [0.29, 0.717) is 16.4 Å². The van der Waals surface area contributed by atoms with Gasteiger partial charge in [0.1, 0.15) is 5.52 Å². The maximum absolute atomic E-state index is 5.91. The number of hydrogen-bond donors (Lipinski definition) is 1. The highest BCUT2D eigenvalue weighted by Gasteiger charge is 2.06. The second-order valence-corrected chi connectivity index (χ2v) is 6.02. The summed E-state index contributed by atoms with van der Waals surface area (Å²) in [4.78, 5) is 4.29. The number of rotatable bonds is 4. The lowest BCUT2D eigenvalue weighted by atomic mass is 10.2. The number of fused-ring (bicyclic) bond motifs is 1. The van der Waals surface area contributed by atoms with E-state index in [2.05, 4.69) is 25.7 Å². The molecule has 1 N–H and O–H groups in total. The summed E-state index contributed by atoms with van der Waals surface area (Å²) < 4.78 is 5.57. The van der Waals surface area contributed by atoms with Crippen LogP contribution in [0.1, 0.15) is 5.56 Å². The maximum atomic E-state index is 5.91. The standard InChI is InChI=1S/C20H14ClN5O/c21-15-10-12-16(13-11-15)23-24-19(14-6-2-1-3-7-14)25-26-20-22-17-8-4-5-9-18(17)27-20/h1-13,23H. The Bertz CT molecular complexity index is 1070. The summed E-state index contributed by atoms with van der Waals surface area (Å²) in [6.45, 7) is 0. The number of amidine groups is 1. The van der Waals surface area contributed by atoms with Crippen molar-refractivity contribution in [2.75, 3.05) is 5.43 Å². The van der Waals surface area contributed by atoms with Crippen LogP contribution in [0.15, 0.2) is 98.6 Å². The number of para-hydroxylation sites is 2. The lowest BCUT2D eigenvalue weighted by molar-refractivity contribution is 0.607. The SMILES string of the molecule is Clc1ccc(NN=C(N=Nc2nc3ccccc3o2)c2ccccc2)cc1. The smallest absolute Gasteiger partial charge is 0.342 e. The van der Waals surface area contributed by atoms with E-state index in [1.54, 1.807) is 12.1 Å². The first-order chi connectivity index (χ1) is 13.3. The lowest BCUT2D eigenvalue weighted by Crippen LogP contribution is -2.01. The molecule has 1 aromatic heterocycles. The Morgan fingerprint density at radius 1 is 0.889 bits per heavy atom. The van der Waals surface area contributed by atoms with Gasteiger partial charge in [0, 0.05) is 10.6 Å². The fourth-order valence-corrected chi connectivity index (χ4v) is 2.49. The largest absolute Gasteiger partial charge is 0.421 e. The van der Waals surface area contributed by atoms with E-state index in [1.807, 2.05) is 66.7 Å². The number of aromatic nitrogens is 1. The van der Waals surface area contributed by atoms with Crippen LogP contribution in [0, 0.1) is 0 Å². The van der Waals surface area contributed by atoms with E-state index in [0.717, 1.165) is 16.8 Å². The van der Waals surface area contributed by atoms with Gasteiger partial charge in [0.25, 0.3) is 0 Å². The third-order valence-corrected chi connectivity index (χ3v) is 3.93. The minimum Gasteiger partial charge on any atom is -0.421 e. The van der Waals surface area contributed by atoms with Gasteiger partial charge in [-0.15, -0.1) is 5.11 Å². The molecule has 6 nitrogen and oxygen atoms in total. The number of oxazole rings is 1. The van der Waals surface area contributed by atoms with E-state index in [1.165, 1.54) is 0 Å². The summed E-state index contributed by atoms with van der Waals surface area (Å²) in [5.74, 6) is 0.396. The van der Waals surface area contributed by atoms with Gasteiger partial charge in [-0.2, -0.15) is 10.1 Å². The van der Waals surface area contributed by atoms with Gasteiger partial charge < -0.3 is 4.42 Å². The molecule has 3 aromatic carbocycles. The van der Waals surface area contributed by atoms with Gasteiger partial charge in [0.05, 0.1) is 5.69 Å². The minimum atomic E-state index is 0.173. The molecule has 0 aliphatic carbocycles. The third-order valence-electron chi connectivity index (χ3n) is 3.68. The van der Waals surface area contributed by atoms with Gasteiger partial charge in [-0.25, -0.2) is 0 Å². The Morgan fingerprint density at radius 3 is 2.41 bits per heavy atom. The van der Waals surface area contributed by atoms with Crippen molar-refractivity contribution in [3.8, 4) is 0 Å². The fourth-order valence-electron chi connectivity index (χ4n) is 2.37. The summed E-state index contributed by atoms with van der Waals surface area (Å²) in [5, 5.41) is 13.3. The summed E-state index contributed by atoms with van der Waals surface area (Å²) in [6.07, 6.45) is 0. The first-order valence-electron chi connectivity index (χ1n) is 8.20. The first kappa shape index (κ1) is 16.9. The molecule has 4 rings (SSSR count). The summed E-state index contributed by atoms with van der Waals surface area (Å²) in [7, 11) is 0. The molecule has 0 amide bonds. The number of benzene rings is 3. The van der Waals surface area contributed by atoms with Gasteiger partial charge in [-0.3, -0.25) is 5.43 Å². The van der Waals surface area contributed by atoms with Crippen LogP contribution < -0.4 is 5.43 Å². The van der Waals surface area contributed by atoms with Crippen LogP contribution in [0.5, 0.6) is 0 Å². The Hall–Kier alpha value is -3.51. The zero-order valence-corrected chi connectivity index (χ0v) is 14.8. The quantitative estimate of drug-likeness (QED) is 0.204. The molecular formula is C20H14ClN5O. The Balaban J connectivity index is 1.63. The summed E-state index contributed by atoms with van der Waals surface area (Å²) in [5.41, 5.74) is 5.93. The van der Waals surface area contributed by atoms with Crippen molar-refractivity contribution in [1.29, 1.82) is 0 Å². The monoisotopic (exact) mass is 375 g/mol. The normalized spacial score (nSPS) is 12.0. The van der Waals surface area contributed by atoms with E-state index in [-0.39, 0.29) is 6.01 Å². The first-order valence-corrected chi connectivity index (χ1v) is 8.58. The molecule has 0 atom stereocenters. The van der Waals surface area contributed by atoms with Gasteiger partial charge in [-0.05, 0) is 36.4 Å². The molecule has 7 heteroatoms. The Labute approximate surface area is 160 Å². The van der Waals surface area contributed by atoms with Gasteiger partial charge in [0.15, 0.2) is 5.58 Å². The van der Waals surface area contributed by atoms with Crippen molar-refractivity contribution in [3.05, 3.63) is 89.4 Å². The van der Waals surface area contributed by atoms with Crippen molar-refractivity contribution in [1.82, 2.24) is 4.98 Å². The average Bonchev–Trinajstić information content (AvgIpc) is 3.13. The molecule has 0 radical (unpaired) electrons. The highest BCUT2D eigenvalue weighted by atomic mass is 35.5. The van der Waals surface area contributed by atoms with Crippen molar-refractivity contribution >= 4 is 40.2 Å². The van der Waals surface area contributed by atoms with Gasteiger partial charge >= 0.3 is 6.01 Å². The second kappa shape index (κ2) is 7.80. The predicted molar refractivity (Wildman–Crippen MR) is 107 cm³/mol. The molecule has 0 saturated carbocycles. The summed E-state index contributed by atoms with van der Waals surface area (Å²) in [6, 6.07) is 24.4.